The molecule has 0 spiro atoms. The maximum atomic E-state index is 13.3. The molecule has 7 nitrogen and oxygen atoms in total. The lowest BCUT2D eigenvalue weighted by atomic mass is 10.1. The van der Waals surface area contributed by atoms with Gasteiger partial charge in [-0.2, -0.15) is 5.21 Å². The molecule has 0 saturated heterocycles. The first-order valence-electron chi connectivity index (χ1n) is 7.71. The van der Waals surface area contributed by atoms with Gasteiger partial charge < -0.3 is 10.3 Å². The van der Waals surface area contributed by atoms with E-state index in [1.165, 1.54) is 18.2 Å². The van der Waals surface area contributed by atoms with Crippen LogP contribution in [0.25, 0.3) is 22.4 Å². The molecule has 0 aliphatic rings. The number of H-pyrrole nitrogens is 2. The normalized spacial score (nSPS) is 11.0. The molecule has 2 heterocycles. The molecule has 0 aliphatic carbocycles. The molecule has 1 amide bonds. The highest BCUT2D eigenvalue weighted by molar-refractivity contribution is 5.98. The van der Waals surface area contributed by atoms with Gasteiger partial charge in [-0.25, -0.2) is 4.39 Å². The molecule has 0 aliphatic heterocycles. The molecule has 0 fully saturated rings. The topological polar surface area (TPSA) is 99.3 Å². The fraction of sp³-hybridized carbons (Fsp3) is 0.0588. The lowest BCUT2D eigenvalue weighted by Gasteiger charge is -2.05. The molecule has 3 N–H and O–H groups in total. The van der Waals surface area contributed by atoms with Crippen molar-refractivity contribution in [3.05, 3.63) is 58.9 Å². The first-order valence-corrected chi connectivity index (χ1v) is 8.12. The first kappa shape index (κ1) is 16.2. The maximum absolute atomic E-state index is 13.3. The van der Waals surface area contributed by atoms with Gasteiger partial charge in [0.15, 0.2) is 17.4 Å². The number of hydrogen-bond acceptors (Lipinski definition) is 4. The van der Waals surface area contributed by atoms with Crippen LogP contribution in [-0.2, 0) is 11.2 Å². The molecule has 0 unspecified atom stereocenters. The molecule has 0 bridgehead atoms. The molecule has 130 valence electrons. The predicted molar refractivity (Wildman–Crippen MR) is 90.8 cm³/mol. The summed E-state index contributed by atoms with van der Waals surface area (Å²) in [5, 5.41) is 17.6. The summed E-state index contributed by atoms with van der Waals surface area (Å²) in [6.07, 6.45) is 0.0814. The van der Waals surface area contributed by atoms with Crippen molar-refractivity contribution in [2.75, 3.05) is 5.32 Å². The second-order valence-electron chi connectivity index (χ2n) is 5.63. The van der Waals surface area contributed by atoms with Gasteiger partial charge in [0.1, 0.15) is 0 Å². The van der Waals surface area contributed by atoms with E-state index in [2.05, 4.69) is 30.9 Å². The molecule has 26 heavy (non-hydrogen) atoms. The van der Waals surface area contributed by atoms with Crippen LogP contribution in [-0.4, -0.2) is 31.5 Å². The van der Waals surface area contributed by atoms with Crippen LogP contribution in [0.15, 0.2) is 42.5 Å². The van der Waals surface area contributed by atoms with E-state index in [0.29, 0.717) is 17.2 Å². The lowest BCUT2D eigenvalue weighted by Crippen LogP contribution is -2.15. The van der Waals surface area contributed by atoms with E-state index in [0.717, 1.165) is 16.5 Å². The average molecular weight is 372 g/mol. The van der Waals surface area contributed by atoms with Gasteiger partial charge in [0.25, 0.3) is 5.02 Å². The van der Waals surface area contributed by atoms with Gasteiger partial charge in [0.2, 0.25) is 11.7 Å². The summed E-state index contributed by atoms with van der Waals surface area (Å²) in [7, 11) is 0. The number of fused-ring (bicyclic) bond motifs is 1. The van der Waals surface area contributed by atoms with Crippen molar-refractivity contribution in [3.8, 4) is 11.5 Å². The van der Waals surface area contributed by atoms with Crippen LogP contribution >= 0.6 is 0 Å². The van der Waals surface area contributed by atoms with Crippen LogP contribution in [0, 0.1) is 17.4 Å². The summed E-state index contributed by atoms with van der Waals surface area (Å²) in [4.78, 5) is 15.7. The van der Waals surface area contributed by atoms with E-state index >= 15 is 0 Å². The van der Waals surface area contributed by atoms with Gasteiger partial charge in [-0.15, -0.1) is 10.2 Å². The highest BCUT2D eigenvalue weighted by Gasteiger charge is 2.19. The third-order valence-electron chi connectivity index (χ3n) is 3.93. The number of benzene rings is 2. The van der Waals surface area contributed by atoms with Gasteiger partial charge in [-0.1, -0.05) is 18.2 Å². The van der Waals surface area contributed by atoms with Gasteiger partial charge >= 0.3 is 0 Å². The zero-order valence-electron chi connectivity index (χ0n) is 13.3. The second kappa shape index (κ2) is 6.57. The number of amides is 1. The number of aromatic nitrogens is 5. The van der Waals surface area contributed by atoms with E-state index in [-0.39, 0.29) is 17.4 Å². The van der Waals surface area contributed by atoms with Crippen LogP contribution in [0.1, 0.15) is 5.56 Å². The van der Waals surface area contributed by atoms with Crippen LogP contribution in [0.2, 0.25) is 5.02 Å². The van der Waals surface area contributed by atoms with Gasteiger partial charge in [-0.3, -0.25) is 4.79 Å². The number of nitrogens with zero attached hydrogens (tertiary/aromatic N) is 3. The molecule has 9 heteroatoms. The fourth-order valence-electron chi connectivity index (χ4n) is 2.79. The molecule has 2 aromatic carbocycles. The number of rotatable bonds is 4. The van der Waals surface area contributed by atoms with Gasteiger partial charge in [0, 0.05) is 22.7 Å². The number of hydrogen-bond donors (Lipinski definition) is 3. The lowest BCUT2D eigenvalue weighted by molar-refractivity contribution is -0.293. The zero-order chi connectivity index (χ0) is 18.1. The third kappa shape index (κ3) is 3.02. The first-order chi connectivity index (χ1) is 12.6. The molecule has 0 radical (unpaired) electrons. The SMILES string of the molecule is O=C(Cc1c(-c2nn[nH]n2)[nH]c2ccccc12)Nc1ccc(F)c([ClH+])c1. The number of carbonyl (C=O) groups excluding carboxylic acids is 1. The monoisotopic (exact) mass is 371 g/mol. The van der Waals surface area contributed by atoms with E-state index < -0.39 is 5.82 Å². The fourth-order valence-corrected chi connectivity index (χ4v) is 2.98. The number of anilines is 1. The van der Waals surface area contributed by atoms with Crippen molar-refractivity contribution >= 4 is 22.5 Å². The molecule has 0 atom stereocenters. The Labute approximate surface area is 151 Å². The number of para-hydroxylation sites is 1. The Bertz CT molecular complexity index is 1090. The Morgan fingerprint density at radius 3 is 2.85 bits per heavy atom. The van der Waals surface area contributed by atoms with Crippen molar-refractivity contribution in [2.24, 2.45) is 0 Å². The summed E-state index contributed by atoms with van der Waals surface area (Å²) in [5.74, 6) is -0.381. The van der Waals surface area contributed by atoms with E-state index in [4.69, 9.17) is 11.6 Å². The largest absolute Gasteiger partial charge is 0.352 e. The highest BCUT2D eigenvalue weighted by Crippen LogP contribution is 2.28. The Kier molecular flexibility index (Phi) is 4.10. The number of carbonyl (C=O) groups is 1. The molecular weight excluding hydrogens is 359 g/mol. The van der Waals surface area contributed by atoms with Crippen molar-refractivity contribution in [2.45, 2.75) is 6.42 Å². The molecular formula is C17H13ClFN6O+. The van der Waals surface area contributed by atoms with E-state index in [1.54, 1.807) is 0 Å². The van der Waals surface area contributed by atoms with Crippen molar-refractivity contribution in [1.82, 2.24) is 25.6 Å². The van der Waals surface area contributed by atoms with Gasteiger partial charge in [0.05, 0.1) is 12.1 Å². The predicted octanol–water partition coefficient (Wildman–Crippen LogP) is 2.36. The van der Waals surface area contributed by atoms with Gasteiger partial charge in [-0.05, 0) is 29.0 Å². The van der Waals surface area contributed by atoms with Crippen molar-refractivity contribution < 1.29 is 20.8 Å². The molecule has 4 aromatic rings. The Hall–Kier alpha value is -3.26. The van der Waals surface area contributed by atoms with Crippen LogP contribution < -0.4 is 5.32 Å². The standard InChI is InChI=1S/C17H12ClFN6O/c18-12-7-9(5-6-13(12)19)20-15(26)8-11-10-3-1-2-4-14(10)21-16(11)17-22-24-25-23-17/h1-7,18H,8H2,(H2-,20,21,22,23,24,25,26)/p+1. The number of tetrazole rings is 1. The summed E-state index contributed by atoms with van der Waals surface area (Å²) < 4.78 is 13.3. The molecule has 0 saturated carbocycles. The summed E-state index contributed by atoms with van der Waals surface area (Å²) in [5.41, 5.74) is 2.69. The van der Waals surface area contributed by atoms with Crippen molar-refractivity contribution in [3.63, 3.8) is 0 Å². The molecule has 4 rings (SSSR count). The summed E-state index contributed by atoms with van der Waals surface area (Å²) >= 11 is 4.89. The molecule has 2 aromatic heterocycles. The summed E-state index contributed by atoms with van der Waals surface area (Å²) in [6, 6.07) is 11.7. The number of halogens is 2. The number of nitrogens with one attached hydrogen (secondary N) is 3. The van der Waals surface area contributed by atoms with Crippen LogP contribution in [0.3, 0.4) is 0 Å². The minimum atomic E-state index is -0.492. The smallest absolute Gasteiger partial charge is 0.263 e. The van der Waals surface area contributed by atoms with Crippen molar-refractivity contribution in [1.29, 1.82) is 0 Å². The van der Waals surface area contributed by atoms with Crippen LogP contribution in [0.4, 0.5) is 10.1 Å². The van der Waals surface area contributed by atoms with E-state index in [1.807, 2.05) is 24.3 Å². The van der Waals surface area contributed by atoms with E-state index in [9.17, 15) is 9.18 Å². The second-order valence-corrected chi connectivity index (χ2v) is 6.07. The minimum Gasteiger partial charge on any atom is -0.352 e. The summed E-state index contributed by atoms with van der Waals surface area (Å²) in [6.45, 7) is 0. The highest BCUT2D eigenvalue weighted by atomic mass is 35.5. The average Bonchev–Trinajstić information content (AvgIpc) is 3.26. The number of aromatic amines is 2. The quantitative estimate of drug-likeness (QED) is 0.512. The Balaban J connectivity index is 1.66. The third-order valence-corrected chi connectivity index (χ3v) is 4.25. The maximum Gasteiger partial charge on any atom is 0.263 e. The van der Waals surface area contributed by atoms with Crippen LogP contribution in [0.5, 0.6) is 0 Å². The minimum absolute atomic E-state index is 0.0578. The Morgan fingerprint density at radius 1 is 1.23 bits per heavy atom. The Morgan fingerprint density at radius 2 is 2.08 bits per heavy atom. The zero-order valence-corrected chi connectivity index (χ0v) is 14.1.